The van der Waals surface area contributed by atoms with Crippen LogP contribution in [0.25, 0.3) is 0 Å². The lowest BCUT2D eigenvalue weighted by Crippen LogP contribution is -1.93. The minimum Gasteiger partial charge on any atom is -0.389 e. The Morgan fingerprint density at radius 2 is 1.89 bits per heavy atom. The van der Waals surface area contributed by atoms with Gasteiger partial charge in [-0.15, -0.1) is 0 Å². The number of hydrogen-bond acceptors (Lipinski definition) is 1. The quantitative estimate of drug-likeness (QED) is 0.567. The Kier molecular flexibility index (Phi) is 3.72. The fraction of sp³-hybridized carbons (Fsp3) is 0.250. The minimum atomic E-state index is -0.420. The predicted octanol–water partition coefficient (Wildman–Crippen LogP) is 1.67. The van der Waals surface area contributed by atoms with E-state index in [0.29, 0.717) is 0 Å². The molecule has 9 heavy (non-hydrogen) atoms. The zero-order valence-electron chi connectivity index (χ0n) is 5.67. The van der Waals surface area contributed by atoms with E-state index in [9.17, 15) is 0 Å². The highest BCUT2D eigenvalue weighted by atomic mass is 16.3. The van der Waals surface area contributed by atoms with Crippen LogP contribution in [0.15, 0.2) is 37.0 Å². The first-order valence-corrected chi connectivity index (χ1v) is 2.85. The zero-order chi connectivity index (χ0) is 7.28. The van der Waals surface area contributed by atoms with Crippen LogP contribution in [0.4, 0.5) is 0 Å². The summed E-state index contributed by atoms with van der Waals surface area (Å²) in [6, 6.07) is 0. The first kappa shape index (κ1) is 8.18. The van der Waals surface area contributed by atoms with Crippen LogP contribution in [0, 0.1) is 0 Å². The summed E-state index contributed by atoms with van der Waals surface area (Å²) < 4.78 is 0. The Morgan fingerprint density at radius 3 is 2.00 bits per heavy atom. The second kappa shape index (κ2) is 4.10. The molecule has 0 fully saturated rings. The first-order valence-electron chi connectivity index (χ1n) is 2.85. The van der Waals surface area contributed by atoms with Gasteiger partial charge in [0.05, 0.1) is 6.10 Å². The Labute approximate surface area is 56.0 Å². The summed E-state index contributed by atoms with van der Waals surface area (Å²) >= 11 is 0. The number of hydrogen-bond donors (Lipinski definition) is 1. The molecule has 0 aromatic carbocycles. The summed E-state index contributed by atoms with van der Waals surface area (Å²) in [5, 5.41) is 8.81. The van der Waals surface area contributed by atoms with Gasteiger partial charge in [-0.05, 0) is 18.6 Å². The van der Waals surface area contributed by atoms with Crippen LogP contribution in [0.2, 0.25) is 0 Å². The Bertz CT molecular complexity index is 122. The second-order valence-electron chi connectivity index (χ2n) is 1.82. The van der Waals surface area contributed by atoms with Gasteiger partial charge in [0, 0.05) is 0 Å². The van der Waals surface area contributed by atoms with Crippen LogP contribution in [0.5, 0.6) is 0 Å². The van der Waals surface area contributed by atoms with Crippen LogP contribution in [0.1, 0.15) is 6.92 Å². The van der Waals surface area contributed by atoms with Gasteiger partial charge in [0.25, 0.3) is 0 Å². The van der Waals surface area contributed by atoms with Crippen LogP contribution < -0.4 is 0 Å². The lowest BCUT2D eigenvalue weighted by atomic mass is 10.2. The predicted molar refractivity (Wildman–Crippen MR) is 40.2 cm³/mol. The monoisotopic (exact) mass is 124 g/mol. The van der Waals surface area contributed by atoms with Gasteiger partial charge in [0.15, 0.2) is 0 Å². The van der Waals surface area contributed by atoms with E-state index in [2.05, 4.69) is 13.2 Å². The molecule has 0 amide bonds. The summed E-state index contributed by atoms with van der Waals surface area (Å²) in [7, 11) is 0. The Balaban J connectivity index is 4.06. The van der Waals surface area contributed by atoms with Crippen molar-refractivity contribution in [3.8, 4) is 0 Å². The molecule has 0 aromatic heterocycles. The van der Waals surface area contributed by atoms with Gasteiger partial charge in [-0.2, -0.15) is 0 Å². The van der Waals surface area contributed by atoms with Crippen molar-refractivity contribution in [1.82, 2.24) is 0 Å². The Hall–Kier alpha value is -0.820. The smallest absolute Gasteiger partial charge is 0.0701 e. The highest BCUT2D eigenvalue weighted by molar-refractivity contribution is 5.27. The van der Waals surface area contributed by atoms with E-state index in [4.69, 9.17) is 5.11 Å². The maximum absolute atomic E-state index is 8.81. The molecule has 0 aliphatic carbocycles. The summed E-state index contributed by atoms with van der Waals surface area (Å²) in [5.41, 5.74) is 0.866. The molecule has 1 atom stereocenters. The number of aliphatic hydroxyl groups is 1. The Morgan fingerprint density at radius 1 is 1.44 bits per heavy atom. The van der Waals surface area contributed by atoms with E-state index >= 15 is 0 Å². The molecular formula is C8H12O. The van der Waals surface area contributed by atoms with Crippen molar-refractivity contribution in [2.24, 2.45) is 0 Å². The number of aliphatic hydroxyl groups excluding tert-OH is 1. The molecule has 0 saturated heterocycles. The van der Waals surface area contributed by atoms with Gasteiger partial charge < -0.3 is 5.11 Å². The highest BCUT2D eigenvalue weighted by Crippen LogP contribution is 1.97. The summed E-state index contributed by atoms with van der Waals surface area (Å²) in [5.74, 6) is 0. The molecule has 0 heterocycles. The van der Waals surface area contributed by atoms with Gasteiger partial charge in [-0.25, -0.2) is 0 Å². The summed E-state index contributed by atoms with van der Waals surface area (Å²) in [6.45, 7) is 8.76. The van der Waals surface area contributed by atoms with Crippen molar-refractivity contribution < 1.29 is 5.11 Å². The lowest BCUT2D eigenvalue weighted by Gasteiger charge is -1.95. The van der Waals surface area contributed by atoms with Crippen LogP contribution in [-0.2, 0) is 0 Å². The van der Waals surface area contributed by atoms with Crippen molar-refractivity contribution in [3.05, 3.63) is 37.0 Å². The number of allylic oxidation sites excluding steroid dienone is 3. The first-order chi connectivity index (χ1) is 4.20. The molecular weight excluding hydrogens is 112 g/mol. The minimum absolute atomic E-state index is 0.420. The second-order valence-corrected chi connectivity index (χ2v) is 1.82. The van der Waals surface area contributed by atoms with Crippen molar-refractivity contribution in [2.45, 2.75) is 13.0 Å². The molecule has 1 nitrogen and oxygen atoms in total. The van der Waals surface area contributed by atoms with E-state index in [-0.39, 0.29) is 0 Å². The van der Waals surface area contributed by atoms with Gasteiger partial charge in [-0.1, -0.05) is 25.3 Å². The van der Waals surface area contributed by atoms with Gasteiger partial charge in [-0.3, -0.25) is 0 Å². The van der Waals surface area contributed by atoms with Crippen molar-refractivity contribution in [3.63, 3.8) is 0 Å². The van der Waals surface area contributed by atoms with Gasteiger partial charge in [0.2, 0.25) is 0 Å². The average Bonchev–Trinajstić information content (AvgIpc) is 1.82. The van der Waals surface area contributed by atoms with Crippen molar-refractivity contribution in [2.75, 3.05) is 0 Å². The average molecular weight is 124 g/mol. The highest BCUT2D eigenvalue weighted by Gasteiger charge is 1.87. The molecule has 0 bridgehead atoms. The third-order valence-corrected chi connectivity index (χ3v) is 0.905. The van der Waals surface area contributed by atoms with Crippen LogP contribution in [0.3, 0.4) is 0 Å². The normalized spacial score (nSPS) is 11.8. The maximum atomic E-state index is 8.81. The molecule has 0 aliphatic rings. The molecule has 0 radical (unpaired) electrons. The van der Waals surface area contributed by atoms with Gasteiger partial charge in [0.1, 0.15) is 0 Å². The lowest BCUT2D eigenvalue weighted by molar-refractivity contribution is 0.243. The molecule has 0 unspecified atom stereocenters. The van der Waals surface area contributed by atoms with Crippen molar-refractivity contribution in [1.29, 1.82) is 0 Å². The van der Waals surface area contributed by atoms with Crippen molar-refractivity contribution >= 4 is 0 Å². The topological polar surface area (TPSA) is 20.2 Å². The molecule has 0 saturated carbocycles. The summed E-state index contributed by atoms with van der Waals surface area (Å²) in [4.78, 5) is 0. The third-order valence-electron chi connectivity index (χ3n) is 0.905. The molecule has 1 N–H and O–H groups in total. The van der Waals surface area contributed by atoms with E-state index in [1.165, 1.54) is 0 Å². The summed E-state index contributed by atoms with van der Waals surface area (Å²) in [6.07, 6.45) is 4.57. The zero-order valence-corrected chi connectivity index (χ0v) is 5.67. The number of rotatable bonds is 3. The fourth-order valence-corrected chi connectivity index (χ4v) is 0.498. The molecule has 0 aromatic rings. The van der Waals surface area contributed by atoms with E-state index < -0.39 is 6.10 Å². The standard InChI is InChI=1S/C8H12O/c1-4-8(5-2)6-7(3)9/h4-7,9H,1-2H2,3H3/t7-/m0/s1. The molecule has 0 aliphatic heterocycles. The maximum Gasteiger partial charge on any atom is 0.0701 e. The molecule has 0 spiro atoms. The SMILES string of the molecule is C=CC(C=C)=C[C@H](C)O. The largest absolute Gasteiger partial charge is 0.389 e. The fourth-order valence-electron chi connectivity index (χ4n) is 0.498. The molecule has 50 valence electrons. The van der Waals surface area contributed by atoms with Gasteiger partial charge >= 0.3 is 0 Å². The van der Waals surface area contributed by atoms with E-state index in [1.807, 2.05) is 0 Å². The van der Waals surface area contributed by atoms with E-state index in [0.717, 1.165) is 5.57 Å². The molecule has 0 rings (SSSR count). The van der Waals surface area contributed by atoms with Crippen LogP contribution in [-0.4, -0.2) is 11.2 Å². The third kappa shape index (κ3) is 3.74. The molecule has 1 heteroatoms. The van der Waals surface area contributed by atoms with Crippen LogP contribution >= 0.6 is 0 Å². The van der Waals surface area contributed by atoms with E-state index in [1.54, 1.807) is 25.2 Å².